The van der Waals surface area contributed by atoms with Crippen molar-refractivity contribution in [1.29, 1.82) is 5.26 Å². The van der Waals surface area contributed by atoms with Gasteiger partial charge >= 0.3 is 0 Å². The van der Waals surface area contributed by atoms with Gasteiger partial charge in [0.1, 0.15) is 5.82 Å². The monoisotopic (exact) mass is 181 g/mol. The molecule has 0 atom stereocenters. The van der Waals surface area contributed by atoms with Crippen LogP contribution in [0.4, 0.5) is 4.39 Å². The second-order valence-electron chi connectivity index (χ2n) is 2.17. The summed E-state index contributed by atoms with van der Waals surface area (Å²) in [6, 6.07) is 5.91. The molecule has 1 aromatic carbocycles. The molecule has 0 fully saturated rings. The first-order valence-corrected chi connectivity index (χ1v) is 3.62. The molecule has 1 rings (SSSR count). The Kier molecular flexibility index (Phi) is 2.84. The molecule has 0 unspecified atom stereocenters. The van der Waals surface area contributed by atoms with Gasteiger partial charge in [-0.3, -0.25) is 0 Å². The zero-order valence-corrected chi connectivity index (χ0v) is 6.85. The number of nitrogens with zero attached hydrogens (tertiary/aromatic N) is 1. The van der Waals surface area contributed by atoms with E-state index in [2.05, 4.69) is 0 Å². The fourth-order valence-electron chi connectivity index (χ4n) is 0.805. The molecule has 0 aliphatic carbocycles. The Hall–Kier alpha value is -1.33. The topological polar surface area (TPSA) is 23.8 Å². The predicted octanol–water partition coefficient (Wildman–Crippen LogP) is 3.02. The van der Waals surface area contributed by atoms with Crippen LogP contribution >= 0.6 is 11.6 Å². The van der Waals surface area contributed by atoms with Crippen molar-refractivity contribution in [3.63, 3.8) is 0 Å². The Morgan fingerprint density at radius 1 is 1.42 bits per heavy atom. The molecule has 0 saturated carbocycles. The van der Waals surface area contributed by atoms with Gasteiger partial charge in [-0.2, -0.15) is 5.26 Å². The molecule has 12 heavy (non-hydrogen) atoms. The molecule has 1 nitrogen and oxygen atoms in total. The van der Waals surface area contributed by atoms with Crippen LogP contribution in [0.3, 0.4) is 0 Å². The highest BCUT2D eigenvalue weighted by Gasteiger charge is 1.95. The Balaban J connectivity index is 3.03. The van der Waals surface area contributed by atoms with Gasteiger partial charge in [0.2, 0.25) is 0 Å². The largest absolute Gasteiger partial charge is 0.207 e. The first-order chi connectivity index (χ1) is 5.72. The van der Waals surface area contributed by atoms with E-state index in [1.807, 2.05) is 6.07 Å². The van der Waals surface area contributed by atoms with Crippen molar-refractivity contribution in [3.8, 4) is 6.07 Å². The maximum atomic E-state index is 12.7. The maximum Gasteiger partial charge on any atom is 0.125 e. The van der Waals surface area contributed by atoms with Gasteiger partial charge in [0.15, 0.2) is 0 Å². The molecule has 1 aromatic rings. The van der Waals surface area contributed by atoms with Gasteiger partial charge in [0, 0.05) is 11.1 Å². The molecule has 0 aliphatic heterocycles. The lowest BCUT2D eigenvalue weighted by Gasteiger charge is -1.94. The zero-order valence-electron chi connectivity index (χ0n) is 6.09. The second-order valence-corrected chi connectivity index (χ2v) is 2.60. The van der Waals surface area contributed by atoms with E-state index in [4.69, 9.17) is 16.9 Å². The summed E-state index contributed by atoms with van der Waals surface area (Å²) >= 11 is 5.57. The molecule has 0 amide bonds. The molecule has 60 valence electrons. The average Bonchev–Trinajstić information content (AvgIpc) is 1.99. The van der Waals surface area contributed by atoms with Crippen LogP contribution in [0.5, 0.6) is 0 Å². The van der Waals surface area contributed by atoms with Crippen LogP contribution in [0.15, 0.2) is 24.3 Å². The summed E-state index contributed by atoms with van der Waals surface area (Å²) in [5, 5.41) is 8.53. The summed E-state index contributed by atoms with van der Waals surface area (Å²) in [5.41, 5.74) is 0.585. The molecule has 0 radical (unpaired) electrons. The summed E-state index contributed by atoms with van der Waals surface area (Å²) in [4.78, 5) is 0. The molecule has 0 spiro atoms. The zero-order chi connectivity index (χ0) is 8.97. The molecule has 0 aliphatic rings. The highest BCUT2D eigenvalue weighted by molar-refractivity contribution is 6.30. The summed E-state index contributed by atoms with van der Waals surface area (Å²) in [6.07, 6.45) is 2.76. The first-order valence-electron chi connectivity index (χ1n) is 3.24. The molecular formula is C9H5ClFN. The fourth-order valence-corrected chi connectivity index (χ4v) is 1.04. The van der Waals surface area contributed by atoms with Crippen molar-refractivity contribution in [2.45, 2.75) is 0 Å². The summed E-state index contributed by atoms with van der Waals surface area (Å²) in [7, 11) is 0. The number of benzene rings is 1. The molecule has 0 N–H and O–H groups in total. The maximum absolute atomic E-state index is 12.7. The van der Waals surface area contributed by atoms with E-state index in [0.717, 1.165) is 0 Å². The molecule has 3 heteroatoms. The van der Waals surface area contributed by atoms with E-state index in [9.17, 15) is 4.39 Å². The Morgan fingerprint density at radius 2 is 2.17 bits per heavy atom. The minimum Gasteiger partial charge on any atom is -0.207 e. The van der Waals surface area contributed by atoms with Crippen molar-refractivity contribution in [3.05, 3.63) is 40.7 Å². The van der Waals surface area contributed by atoms with E-state index in [-0.39, 0.29) is 0 Å². The van der Waals surface area contributed by atoms with Crippen molar-refractivity contribution in [2.24, 2.45) is 0 Å². The molecule has 0 aromatic heterocycles. The molecule has 0 bridgehead atoms. The minimum absolute atomic E-state index is 0.326. The van der Waals surface area contributed by atoms with Crippen LogP contribution in [-0.2, 0) is 0 Å². The van der Waals surface area contributed by atoms with E-state index >= 15 is 0 Å². The molecular weight excluding hydrogens is 177 g/mol. The lowest BCUT2D eigenvalue weighted by Crippen LogP contribution is -1.77. The van der Waals surface area contributed by atoms with Crippen molar-refractivity contribution in [1.82, 2.24) is 0 Å². The third-order valence-corrected chi connectivity index (χ3v) is 1.45. The third kappa shape index (κ3) is 2.37. The average molecular weight is 182 g/mol. The normalized spacial score (nSPS) is 10.1. The van der Waals surface area contributed by atoms with Crippen LogP contribution < -0.4 is 0 Å². The van der Waals surface area contributed by atoms with Crippen molar-refractivity contribution >= 4 is 17.7 Å². The number of rotatable bonds is 1. The van der Waals surface area contributed by atoms with Crippen molar-refractivity contribution < 1.29 is 4.39 Å². The molecule has 0 saturated heterocycles. The van der Waals surface area contributed by atoms with Gasteiger partial charge in [-0.1, -0.05) is 11.6 Å². The van der Waals surface area contributed by atoms with Crippen LogP contribution in [0.1, 0.15) is 5.56 Å². The number of nitriles is 1. The van der Waals surface area contributed by atoms with Gasteiger partial charge in [0.05, 0.1) is 6.07 Å². The lowest BCUT2D eigenvalue weighted by molar-refractivity contribution is 0.627. The van der Waals surface area contributed by atoms with Gasteiger partial charge < -0.3 is 0 Å². The number of halogens is 2. The minimum atomic E-state index is -0.403. The van der Waals surface area contributed by atoms with Gasteiger partial charge in [0.25, 0.3) is 0 Å². The fraction of sp³-hybridized carbons (Fsp3) is 0. The van der Waals surface area contributed by atoms with Gasteiger partial charge in [-0.15, -0.1) is 0 Å². The SMILES string of the molecule is N#CC=Cc1cc(F)cc(Cl)c1. The summed E-state index contributed by atoms with van der Waals surface area (Å²) in [6.45, 7) is 0. The summed E-state index contributed by atoms with van der Waals surface area (Å²) in [5.74, 6) is -0.403. The van der Waals surface area contributed by atoms with Crippen LogP contribution in [0.2, 0.25) is 5.02 Å². The van der Waals surface area contributed by atoms with Crippen LogP contribution in [0.25, 0.3) is 6.08 Å². The Morgan fingerprint density at radius 3 is 2.75 bits per heavy atom. The lowest BCUT2D eigenvalue weighted by atomic mass is 10.2. The van der Waals surface area contributed by atoms with Gasteiger partial charge in [-0.05, 0) is 29.8 Å². The summed E-state index contributed by atoms with van der Waals surface area (Å²) < 4.78 is 12.7. The number of hydrogen-bond donors (Lipinski definition) is 0. The first kappa shape index (κ1) is 8.76. The quantitative estimate of drug-likeness (QED) is 0.611. The van der Waals surface area contributed by atoms with E-state index in [1.54, 1.807) is 6.07 Å². The van der Waals surface area contributed by atoms with E-state index < -0.39 is 5.82 Å². The predicted molar refractivity (Wildman–Crippen MR) is 46.1 cm³/mol. The third-order valence-electron chi connectivity index (χ3n) is 1.24. The van der Waals surface area contributed by atoms with Crippen LogP contribution in [0, 0.1) is 17.1 Å². The molecule has 0 heterocycles. The van der Waals surface area contributed by atoms with Crippen LogP contribution in [-0.4, -0.2) is 0 Å². The number of allylic oxidation sites excluding steroid dienone is 1. The van der Waals surface area contributed by atoms with Gasteiger partial charge in [-0.25, -0.2) is 4.39 Å². The number of hydrogen-bond acceptors (Lipinski definition) is 1. The highest BCUT2D eigenvalue weighted by atomic mass is 35.5. The smallest absolute Gasteiger partial charge is 0.125 e. The Labute approximate surface area is 74.7 Å². The Bertz CT molecular complexity index is 332. The second kappa shape index (κ2) is 3.89. The highest BCUT2D eigenvalue weighted by Crippen LogP contribution is 2.14. The standard InChI is InChI=1S/C9H5ClFN/c10-8-4-7(2-1-3-12)5-9(11)6-8/h1-2,4-6H. The van der Waals surface area contributed by atoms with Crippen molar-refractivity contribution in [2.75, 3.05) is 0 Å². The van der Waals surface area contributed by atoms with E-state index in [0.29, 0.717) is 10.6 Å². The van der Waals surface area contributed by atoms with E-state index in [1.165, 1.54) is 24.3 Å².